The maximum Gasteiger partial charge on any atom is 0.415 e. The van der Waals surface area contributed by atoms with E-state index in [1.54, 1.807) is 0 Å². The van der Waals surface area contributed by atoms with Crippen LogP contribution in [0.3, 0.4) is 0 Å². The van der Waals surface area contributed by atoms with Crippen LogP contribution in [0.1, 0.15) is 19.3 Å². The summed E-state index contributed by atoms with van der Waals surface area (Å²) in [4.78, 5) is 14.0. The van der Waals surface area contributed by atoms with Gasteiger partial charge in [-0.2, -0.15) is 0 Å². The molecule has 2 fully saturated rings. The van der Waals surface area contributed by atoms with E-state index in [1.807, 2.05) is 35.2 Å². The normalized spacial score (nSPS) is 26.6. The number of nitrogens with zero attached hydrogens (tertiary/aromatic N) is 1. The Morgan fingerprint density at radius 1 is 1.26 bits per heavy atom. The number of hydrogen-bond acceptors (Lipinski definition) is 3. The molecule has 2 saturated heterocycles. The highest BCUT2D eigenvalue weighted by Gasteiger charge is 2.41. The molecule has 0 saturated carbocycles. The van der Waals surface area contributed by atoms with Crippen molar-refractivity contribution < 1.29 is 9.53 Å². The van der Waals surface area contributed by atoms with Gasteiger partial charge in [0.2, 0.25) is 0 Å². The zero-order valence-corrected chi connectivity index (χ0v) is 11.1. The molecule has 1 aromatic rings. The number of carbonyl (C=O) groups is 1. The number of nitrogens with one attached hydrogen (secondary N) is 1. The lowest BCUT2D eigenvalue weighted by atomic mass is 9.80. The van der Waals surface area contributed by atoms with Crippen LogP contribution >= 0.6 is 0 Å². The predicted molar refractivity (Wildman–Crippen MR) is 73.2 cm³/mol. The highest BCUT2D eigenvalue weighted by atomic mass is 16.6. The summed E-state index contributed by atoms with van der Waals surface area (Å²) < 4.78 is 5.40. The van der Waals surface area contributed by atoms with Crippen LogP contribution in [0.5, 0.6) is 5.75 Å². The van der Waals surface area contributed by atoms with Crippen molar-refractivity contribution in [2.75, 3.05) is 26.2 Å². The molecule has 1 spiro atoms. The van der Waals surface area contributed by atoms with Gasteiger partial charge in [0.25, 0.3) is 0 Å². The Balaban J connectivity index is 1.60. The van der Waals surface area contributed by atoms with Crippen molar-refractivity contribution >= 4 is 6.09 Å². The van der Waals surface area contributed by atoms with Gasteiger partial charge in [-0.1, -0.05) is 18.2 Å². The van der Waals surface area contributed by atoms with Gasteiger partial charge in [-0.05, 0) is 37.9 Å². The van der Waals surface area contributed by atoms with E-state index in [0.29, 0.717) is 5.75 Å². The number of hydrogen-bond donors (Lipinski definition) is 1. The van der Waals surface area contributed by atoms with Gasteiger partial charge >= 0.3 is 6.09 Å². The molecule has 2 aliphatic rings. The van der Waals surface area contributed by atoms with E-state index in [1.165, 1.54) is 12.8 Å². The van der Waals surface area contributed by atoms with Crippen molar-refractivity contribution in [3.8, 4) is 5.75 Å². The molecule has 2 aliphatic heterocycles. The molecule has 1 amide bonds. The first kappa shape index (κ1) is 12.5. The number of amides is 1. The average Bonchev–Trinajstić information content (AvgIpc) is 2.85. The minimum absolute atomic E-state index is 0.214. The number of para-hydroxylation sites is 1. The fraction of sp³-hybridized carbons (Fsp3) is 0.533. The Morgan fingerprint density at radius 2 is 2.11 bits per heavy atom. The second-order valence-corrected chi connectivity index (χ2v) is 5.63. The third-order valence-corrected chi connectivity index (χ3v) is 4.21. The van der Waals surface area contributed by atoms with E-state index in [0.717, 1.165) is 32.6 Å². The Morgan fingerprint density at radius 3 is 2.84 bits per heavy atom. The van der Waals surface area contributed by atoms with Crippen molar-refractivity contribution in [3.63, 3.8) is 0 Å². The van der Waals surface area contributed by atoms with Gasteiger partial charge in [0.15, 0.2) is 0 Å². The number of likely N-dealkylation sites (tertiary alicyclic amines) is 1. The van der Waals surface area contributed by atoms with Crippen molar-refractivity contribution in [3.05, 3.63) is 30.3 Å². The Kier molecular flexibility index (Phi) is 3.42. The molecule has 0 radical (unpaired) electrons. The van der Waals surface area contributed by atoms with Crippen molar-refractivity contribution in [2.24, 2.45) is 5.41 Å². The van der Waals surface area contributed by atoms with Gasteiger partial charge in [0, 0.05) is 25.0 Å². The number of piperidine rings is 1. The molecular weight excluding hydrogens is 240 g/mol. The molecule has 1 aromatic carbocycles. The van der Waals surface area contributed by atoms with E-state index in [-0.39, 0.29) is 11.5 Å². The minimum Gasteiger partial charge on any atom is -0.410 e. The molecule has 19 heavy (non-hydrogen) atoms. The molecule has 4 heteroatoms. The summed E-state index contributed by atoms with van der Waals surface area (Å²) >= 11 is 0. The third-order valence-electron chi connectivity index (χ3n) is 4.21. The fourth-order valence-electron chi connectivity index (χ4n) is 3.12. The molecule has 1 atom stereocenters. The Hall–Kier alpha value is -1.55. The highest BCUT2D eigenvalue weighted by Crippen LogP contribution is 2.36. The molecule has 2 heterocycles. The van der Waals surface area contributed by atoms with Crippen LogP contribution in [0.25, 0.3) is 0 Å². The van der Waals surface area contributed by atoms with E-state index >= 15 is 0 Å². The second kappa shape index (κ2) is 5.21. The lowest BCUT2D eigenvalue weighted by Crippen LogP contribution is -2.43. The van der Waals surface area contributed by atoms with Gasteiger partial charge in [0.1, 0.15) is 5.75 Å². The van der Waals surface area contributed by atoms with Crippen LogP contribution in [0.15, 0.2) is 30.3 Å². The van der Waals surface area contributed by atoms with Crippen molar-refractivity contribution in [1.82, 2.24) is 10.2 Å². The lowest BCUT2D eigenvalue weighted by molar-refractivity contribution is 0.149. The van der Waals surface area contributed by atoms with E-state index in [4.69, 9.17) is 4.74 Å². The molecule has 3 rings (SSSR count). The Bertz CT molecular complexity index is 441. The highest BCUT2D eigenvalue weighted by molar-refractivity contribution is 5.71. The summed E-state index contributed by atoms with van der Waals surface area (Å²) in [6.07, 6.45) is 3.30. The summed E-state index contributed by atoms with van der Waals surface area (Å²) in [6, 6.07) is 9.28. The smallest absolute Gasteiger partial charge is 0.410 e. The average molecular weight is 260 g/mol. The third kappa shape index (κ3) is 2.73. The zero-order chi connectivity index (χ0) is 13.1. The quantitative estimate of drug-likeness (QED) is 0.842. The van der Waals surface area contributed by atoms with Gasteiger partial charge in [0.05, 0.1) is 0 Å². The topological polar surface area (TPSA) is 41.6 Å². The summed E-state index contributed by atoms with van der Waals surface area (Å²) in [5.74, 6) is 0.621. The molecule has 0 aliphatic carbocycles. The van der Waals surface area contributed by atoms with E-state index < -0.39 is 0 Å². The largest absolute Gasteiger partial charge is 0.415 e. The van der Waals surface area contributed by atoms with Gasteiger partial charge in [-0.15, -0.1) is 0 Å². The summed E-state index contributed by atoms with van der Waals surface area (Å²) in [5.41, 5.74) is 0.286. The van der Waals surface area contributed by atoms with Gasteiger partial charge in [-0.25, -0.2) is 4.79 Å². The Labute approximate surface area is 113 Å². The first-order chi connectivity index (χ1) is 9.27. The molecule has 1 N–H and O–H groups in total. The first-order valence-corrected chi connectivity index (χ1v) is 7.00. The number of rotatable bonds is 1. The molecule has 4 nitrogen and oxygen atoms in total. The standard InChI is InChI=1S/C15H20N2O2/c18-14(19-13-5-2-1-3-6-13)17-10-8-15(12-17)7-4-9-16-11-15/h1-3,5-6,16H,4,7-12H2. The summed E-state index contributed by atoms with van der Waals surface area (Å²) in [7, 11) is 0. The van der Waals surface area contributed by atoms with Crippen LogP contribution in [0.4, 0.5) is 4.79 Å². The summed E-state index contributed by atoms with van der Waals surface area (Å²) in [5, 5.41) is 3.45. The van der Waals surface area contributed by atoms with E-state index in [9.17, 15) is 4.79 Å². The van der Waals surface area contributed by atoms with Crippen molar-refractivity contribution in [1.29, 1.82) is 0 Å². The molecule has 1 unspecified atom stereocenters. The van der Waals surface area contributed by atoms with Gasteiger partial charge in [-0.3, -0.25) is 0 Å². The summed E-state index contributed by atoms with van der Waals surface area (Å²) in [6.45, 7) is 3.78. The van der Waals surface area contributed by atoms with Crippen LogP contribution in [0, 0.1) is 5.41 Å². The molecule has 102 valence electrons. The van der Waals surface area contributed by atoms with Gasteiger partial charge < -0.3 is 15.0 Å². The van der Waals surface area contributed by atoms with E-state index in [2.05, 4.69) is 5.32 Å². The maximum atomic E-state index is 12.1. The number of carbonyl (C=O) groups excluding carboxylic acids is 1. The number of ether oxygens (including phenoxy) is 1. The second-order valence-electron chi connectivity index (χ2n) is 5.63. The van der Waals surface area contributed by atoms with Crippen LogP contribution in [0.2, 0.25) is 0 Å². The van der Waals surface area contributed by atoms with Crippen LogP contribution in [-0.2, 0) is 0 Å². The monoisotopic (exact) mass is 260 g/mol. The minimum atomic E-state index is -0.214. The SMILES string of the molecule is O=C(Oc1ccccc1)N1CCC2(CCCNC2)C1. The lowest BCUT2D eigenvalue weighted by Gasteiger charge is -2.33. The fourth-order valence-corrected chi connectivity index (χ4v) is 3.12. The first-order valence-electron chi connectivity index (χ1n) is 7.00. The maximum absolute atomic E-state index is 12.1. The number of benzene rings is 1. The predicted octanol–water partition coefficient (Wildman–Crippen LogP) is 2.26. The van der Waals surface area contributed by atoms with Crippen molar-refractivity contribution in [2.45, 2.75) is 19.3 Å². The zero-order valence-electron chi connectivity index (χ0n) is 11.1. The molecule has 0 bridgehead atoms. The van der Waals surface area contributed by atoms with Crippen LogP contribution < -0.4 is 10.1 Å². The molecule has 0 aromatic heterocycles. The molecular formula is C15H20N2O2. The van der Waals surface area contributed by atoms with Crippen LogP contribution in [-0.4, -0.2) is 37.2 Å².